The van der Waals surface area contributed by atoms with Crippen molar-refractivity contribution >= 4 is 0 Å². The number of nitrogens with zero attached hydrogens (tertiary/aromatic N) is 1. The van der Waals surface area contributed by atoms with Gasteiger partial charge in [-0.3, -0.25) is 0 Å². The van der Waals surface area contributed by atoms with Crippen molar-refractivity contribution in [2.24, 2.45) is 0 Å². The van der Waals surface area contributed by atoms with E-state index in [0.717, 1.165) is 13.0 Å². The van der Waals surface area contributed by atoms with Crippen molar-refractivity contribution in [1.82, 2.24) is 4.90 Å². The van der Waals surface area contributed by atoms with Gasteiger partial charge < -0.3 is 10.0 Å². The van der Waals surface area contributed by atoms with Crippen LogP contribution in [-0.4, -0.2) is 35.7 Å². The Hall–Kier alpha value is -0.0800. The van der Waals surface area contributed by atoms with E-state index >= 15 is 0 Å². The number of aliphatic hydroxyl groups is 1. The standard InChI is InChI=1S/C7H15NO/c1-6(9)7-4-3-5-8(7)2/h6-7,9H,3-5H2,1-2H3/t6-,7+/m1/s1. The number of hydrogen-bond donors (Lipinski definition) is 1. The minimum atomic E-state index is -0.155. The molecule has 1 N–H and O–H groups in total. The SMILES string of the molecule is C[C@@H](O)[C@@H]1CCCN1C. The third kappa shape index (κ3) is 1.43. The molecule has 0 saturated carbocycles. The zero-order valence-corrected chi connectivity index (χ0v) is 6.17. The van der Waals surface area contributed by atoms with Gasteiger partial charge in [-0.2, -0.15) is 0 Å². The minimum Gasteiger partial charge on any atom is -0.392 e. The summed E-state index contributed by atoms with van der Waals surface area (Å²) in [4.78, 5) is 2.23. The first-order valence-electron chi connectivity index (χ1n) is 3.60. The van der Waals surface area contributed by atoms with Crippen LogP contribution in [0.25, 0.3) is 0 Å². The summed E-state index contributed by atoms with van der Waals surface area (Å²) < 4.78 is 0. The summed E-state index contributed by atoms with van der Waals surface area (Å²) in [6.07, 6.45) is 2.25. The van der Waals surface area contributed by atoms with Gasteiger partial charge in [0.25, 0.3) is 0 Å². The Kier molecular flexibility index (Phi) is 2.09. The second-order valence-corrected chi connectivity index (χ2v) is 2.93. The van der Waals surface area contributed by atoms with Crippen LogP contribution in [0.2, 0.25) is 0 Å². The van der Waals surface area contributed by atoms with E-state index in [4.69, 9.17) is 0 Å². The van der Waals surface area contributed by atoms with Gasteiger partial charge in [0.2, 0.25) is 0 Å². The molecule has 2 nitrogen and oxygen atoms in total. The average Bonchev–Trinajstić information content (AvgIpc) is 2.13. The summed E-state index contributed by atoms with van der Waals surface area (Å²) in [6, 6.07) is 0.421. The van der Waals surface area contributed by atoms with Crippen molar-refractivity contribution in [1.29, 1.82) is 0 Å². The molecule has 0 spiro atoms. The molecular weight excluding hydrogens is 114 g/mol. The highest BCUT2D eigenvalue weighted by molar-refractivity contribution is 4.79. The number of likely N-dealkylation sites (N-methyl/N-ethyl adjacent to an activating group) is 1. The van der Waals surface area contributed by atoms with Crippen LogP contribution >= 0.6 is 0 Å². The molecule has 9 heavy (non-hydrogen) atoms. The van der Waals surface area contributed by atoms with Crippen LogP contribution in [0.5, 0.6) is 0 Å². The molecule has 0 radical (unpaired) electrons. The third-order valence-corrected chi connectivity index (χ3v) is 2.13. The number of likely N-dealkylation sites (tertiary alicyclic amines) is 1. The monoisotopic (exact) mass is 129 g/mol. The zero-order valence-electron chi connectivity index (χ0n) is 6.17. The highest BCUT2D eigenvalue weighted by Gasteiger charge is 2.24. The summed E-state index contributed by atoms with van der Waals surface area (Å²) in [5.74, 6) is 0. The first-order chi connectivity index (χ1) is 4.22. The fourth-order valence-electron chi connectivity index (χ4n) is 1.55. The van der Waals surface area contributed by atoms with Crippen LogP contribution in [0.15, 0.2) is 0 Å². The maximum atomic E-state index is 9.18. The van der Waals surface area contributed by atoms with Crippen LogP contribution in [0, 0.1) is 0 Å². The Labute approximate surface area is 56.5 Å². The molecule has 0 unspecified atom stereocenters. The molecule has 1 aliphatic rings. The fourth-order valence-corrected chi connectivity index (χ4v) is 1.55. The Balaban J connectivity index is 2.40. The minimum absolute atomic E-state index is 0.155. The van der Waals surface area contributed by atoms with Crippen LogP contribution < -0.4 is 0 Å². The number of aliphatic hydroxyl groups excluding tert-OH is 1. The van der Waals surface area contributed by atoms with Gasteiger partial charge in [0, 0.05) is 6.04 Å². The maximum absolute atomic E-state index is 9.18. The van der Waals surface area contributed by atoms with Crippen LogP contribution in [0.3, 0.4) is 0 Å². The highest BCUT2D eigenvalue weighted by Crippen LogP contribution is 2.17. The Morgan fingerprint density at radius 1 is 1.67 bits per heavy atom. The predicted octanol–water partition coefficient (Wildman–Crippen LogP) is 0.461. The fraction of sp³-hybridized carbons (Fsp3) is 1.00. The molecule has 0 amide bonds. The van der Waals surface area contributed by atoms with Gasteiger partial charge in [-0.25, -0.2) is 0 Å². The summed E-state index contributed by atoms with van der Waals surface area (Å²) in [5, 5.41) is 9.18. The molecule has 1 aliphatic heterocycles. The van der Waals surface area contributed by atoms with Gasteiger partial charge in [-0.05, 0) is 33.4 Å². The average molecular weight is 129 g/mol. The van der Waals surface area contributed by atoms with E-state index < -0.39 is 0 Å². The smallest absolute Gasteiger partial charge is 0.0667 e. The molecule has 0 aliphatic carbocycles. The lowest BCUT2D eigenvalue weighted by molar-refractivity contribution is 0.101. The van der Waals surface area contributed by atoms with Crippen molar-refractivity contribution in [2.75, 3.05) is 13.6 Å². The van der Waals surface area contributed by atoms with Gasteiger partial charge in [0.1, 0.15) is 0 Å². The molecule has 0 aromatic heterocycles. The Morgan fingerprint density at radius 3 is 2.56 bits per heavy atom. The molecule has 54 valence electrons. The van der Waals surface area contributed by atoms with Gasteiger partial charge in [-0.1, -0.05) is 0 Å². The largest absolute Gasteiger partial charge is 0.392 e. The third-order valence-electron chi connectivity index (χ3n) is 2.13. The van der Waals surface area contributed by atoms with E-state index in [1.54, 1.807) is 0 Å². The topological polar surface area (TPSA) is 23.5 Å². The molecule has 0 aromatic carbocycles. The summed E-state index contributed by atoms with van der Waals surface area (Å²) in [6.45, 7) is 3.02. The van der Waals surface area contributed by atoms with E-state index in [9.17, 15) is 5.11 Å². The first-order valence-corrected chi connectivity index (χ1v) is 3.60. The lowest BCUT2D eigenvalue weighted by atomic mass is 10.1. The second-order valence-electron chi connectivity index (χ2n) is 2.93. The maximum Gasteiger partial charge on any atom is 0.0667 e. The van der Waals surface area contributed by atoms with Crippen molar-refractivity contribution in [2.45, 2.75) is 31.9 Å². The van der Waals surface area contributed by atoms with Crippen LogP contribution in [0.4, 0.5) is 0 Å². The first kappa shape index (κ1) is 7.03. The summed E-state index contributed by atoms with van der Waals surface area (Å²) >= 11 is 0. The normalized spacial score (nSPS) is 33.0. The van der Waals surface area contributed by atoms with Crippen molar-refractivity contribution in [3.05, 3.63) is 0 Å². The Morgan fingerprint density at radius 2 is 2.33 bits per heavy atom. The van der Waals surface area contributed by atoms with E-state index in [1.165, 1.54) is 6.42 Å². The van der Waals surface area contributed by atoms with E-state index in [-0.39, 0.29) is 6.10 Å². The predicted molar refractivity (Wildman–Crippen MR) is 37.3 cm³/mol. The molecule has 0 aromatic rings. The van der Waals surface area contributed by atoms with Gasteiger partial charge in [0.15, 0.2) is 0 Å². The summed E-state index contributed by atoms with van der Waals surface area (Å²) in [5.41, 5.74) is 0. The van der Waals surface area contributed by atoms with Crippen LogP contribution in [0.1, 0.15) is 19.8 Å². The molecule has 1 heterocycles. The van der Waals surface area contributed by atoms with E-state index in [1.807, 2.05) is 6.92 Å². The molecule has 0 bridgehead atoms. The van der Waals surface area contributed by atoms with Gasteiger partial charge in [-0.15, -0.1) is 0 Å². The van der Waals surface area contributed by atoms with E-state index in [0.29, 0.717) is 6.04 Å². The quantitative estimate of drug-likeness (QED) is 0.556. The molecule has 1 rings (SSSR count). The Bertz CT molecular complexity index is 92.9. The van der Waals surface area contributed by atoms with Crippen molar-refractivity contribution in [3.8, 4) is 0 Å². The molecule has 1 saturated heterocycles. The summed E-state index contributed by atoms with van der Waals surface area (Å²) in [7, 11) is 2.07. The number of hydrogen-bond acceptors (Lipinski definition) is 2. The van der Waals surface area contributed by atoms with Crippen molar-refractivity contribution in [3.63, 3.8) is 0 Å². The van der Waals surface area contributed by atoms with Gasteiger partial charge in [0.05, 0.1) is 6.10 Å². The molecule has 2 heteroatoms. The molecule has 1 fully saturated rings. The number of rotatable bonds is 1. The van der Waals surface area contributed by atoms with Gasteiger partial charge >= 0.3 is 0 Å². The van der Waals surface area contributed by atoms with E-state index in [2.05, 4.69) is 11.9 Å². The highest BCUT2D eigenvalue weighted by atomic mass is 16.3. The molecular formula is C7H15NO. The molecule has 2 atom stereocenters. The lowest BCUT2D eigenvalue weighted by Crippen LogP contribution is -2.34. The zero-order chi connectivity index (χ0) is 6.85. The van der Waals surface area contributed by atoms with Crippen LogP contribution in [-0.2, 0) is 0 Å². The lowest BCUT2D eigenvalue weighted by Gasteiger charge is -2.21. The van der Waals surface area contributed by atoms with Crippen molar-refractivity contribution < 1.29 is 5.11 Å². The second kappa shape index (κ2) is 2.67.